The zero-order chi connectivity index (χ0) is 14.7. The second kappa shape index (κ2) is 5.99. The van der Waals surface area contributed by atoms with Crippen LogP contribution >= 0.6 is 0 Å². The topological polar surface area (TPSA) is 73.6 Å². The van der Waals surface area contributed by atoms with Gasteiger partial charge in [0.05, 0.1) is 30.8 Å². The van der Waals surface area contributed by atoms with Crippen LogP contribution in [0.4, 0.5) is 4.39 Å². The maximum Gasteiger partial charge on any atom is 0.310 e. The predicted molar refractivity (Wildman–Crippen MR) is 68.3 cm³/mol. The van der Waals surface area contributed by atoms with Crippen LogP contribution in [0.15, 0.2) is 18.2 Å². The van der Waals surface area contributed by atoms with Crippen LogP contribution < -0.4 is 0 Å². The highest BCUT2D eigenvalue weighted by Gasteiger charge is 2.36. The maximum absolute atomic E-state index is 13.7. The fraction of sp³-hybridized carbons (Fsp3) is 0.429. The van der Waals surface area contributed by atoms with E-state index in [9.17, 15) is 9.18 Å². The highest BCUT2D eigenvalue weighted by Crippen LogP contribution is 2.21. The zero-order valence-corrected chi connectivity index (χ0v) is 11.0. The van der Waals surface area contributed by atoms with Gasteiger partial charge in [0.1, 0.15) is 5.82 Å². The number of likely N-dealkylation sites (N-methyl/N-ethyl adjacent to an activating group) is 1. The molecular formula is C14H15FN2O3. The lowest BCUT2D eigenvalue weighted by Gasteiger charge is -2.26. The minimum absolute atomic E-state index is 0.172. The Morgan fingerprint density at radius 2 is 2.35 bits per heavy atom. The maximum atomic E-state index is 13.7. The van der Waals surface area contributed by atoms with E-state index in [1.54, 1.807) is 11.9 Å². The van der Waals surface area contributed by atoms with Crippen molar-refractivity contribution >= 4 is 5.97 Å². The van der Waals surface area contributed by atoms with Crippen LogP contribution in [0.1, 0.15) is 11.1 Å². The highest BCUT2D eigenvalue weighted by atomic mass is 19.1. The van der Waals surface area contributed by atoms with Crippen molar-refractivity contribution in [2.75, 3.05) is 20.3 Å². The molecule has 0 amide bonds. The Hall–Kier alpha value is -1.97. The third-order valence-corrected chi connectivity index (χ3v) is 3.53. The van der Waals surface area contributed by atoms with Crippen molar-refractivity contribution in [1.29, 1.82) is 5.26 Å². The van der Waals surface area contributed by atoms with Gasteiger partial charge < -0.3 is 9.84 Å². The lowest BCUT2D eigenvalue weighted by atomic mass is 10.0. The minimum atomic E-state index is -0.911. The van der Waals surface area contributed by atoms with E-state index in [-0.39, 0.29) is 19.2 Å². The summed E-state index contributed by atoms with van der Waals surface area (Å²) in [5.74, 6) is -1.92. The number of carbonyl (C=O) groups is 1. The van der Waals surface area contributed by atoms with Gasteiger partial charge in [-0.2, -0.15) is 5.26 Å². The van der Waals surface area contributed by atoms with Gasteiger partial charge in [-0.05, 0) is 25.2 Å². The molecule has 1 aliphatic heterocycles. The molecule has 1 fully saturated rings. The van der Waals surface area contributed by atoms with Gasteiger partial charge >= 0.3 is 5.97 Å². The molecule has 1 aromatic rings. The molecule has 20 heavy (non-hydrogen) atoms. The molecule has 106 valence electrons. The molecule has 0 spiro atoms. The molecule has 1 aliphatic rings. The average molecular weight is 278 g/mol. The Labute approximate surface area is 116 Å². The van der Waals surface area contributed by atoms with Crippen LogP contribution in [0.3, 0.4) is 0 Å². The molecule has 5 nitrogen and oxygen atoms in total. The minimum Gasteiger partial charge on any atom is -0.481 e. The molecule has 1 saturated heterocycles. The van der Waals surface area contributed by atoms with Crippen molar-refractivity contribution in [1.82, 2.24) is 4.90 Å². The van der Waals surface area contributed by atoms with E-state index in [0.29, 0.717) is 17.7 Å². The summed E-state index contributed by atoms with van der Waals surface area (Å²) in [6.45, 7) is 0.719. The first-order valence-corrected chi connectivity index (χ1v) is 6.22. The summed E-state index contributed by atoms with van der Waals surface area (Å²) in [5, 5.41) is 17.9. The van der Waals surface area contributed by atoms with Gasteiger partial charge in [-0.3, -0.25) is 9.69 Å². The number of carboxylic acid groups (broad SMARTS) is 1. The van der Waals surface area contributed by atoms with Crippen molar-refractivity contribution in [3.8, 4) is 6.07 Å². The molecule has 2 atom stereocenters. The van der Waals surface area contributed by atoms with Gasteiger partial charge in [0.25, 0.3) is 0 Å². The lowest BCUT2D eigenvalue weighted by Crippen LogP contribution is -2.40. The van der Waals surface area contributed by atoms with E-state index < -0.39 is 17.7 Å². The van der Waals surface area contributed by atoms with Crippen molar-refractivity contribution in [3.05, 3.63) is 35.1 Å². The molecule has 0 aliphatic carbocycles. The summed E-state index contributed by atoms with van der Waals surface area (Å²) in [7, 11) is 1.73. The molecule has 1 heterocycles. The monoisotopic (exact) mass is 278 g/mol. The van der Waals surface area contributed by atoms with E-state index >= 15 is 0 Å². The fourth-order valence-corrected chi connectivity index (χ4v) is 2.36. The van der Waals surface area contributed by atoms with Gasteiger partial charge in [-0.15, -0.1) is 0 Å². The standard InChI is InChI=1S/C14H15FN2O3/c1-17(13-8-20-7-11(13)14(18)19)6-10-4-9(5-16)2-3-12(10)15/h2-4,11,13H,6-8H2,1H3,(H,18,19). The summed E-state index contributed by atoms with van der Waals surface area (Å²) in [6.07, 6.45) is 0. The smallest absolute Gasteiger partial charge is 0.310 e. The van der Waals surface area contributed by atoms with Crippen LogP contribution in [0.5, 0.6) is 0 Å². The van der Waals surface area contributed by atoms with E-state index in [0.717, 1.165) is 0 Å². The number of nitriles is 1. The molecule has 2 rings (SSSR count). The Bertz CT molecular complexity index is 556. The van der Waals surface area contributed by atoms with Crippen LogP contribution in [0.25, 0.3) is 0 Å². The first kappa shape index (κ1) is 14.4. The average Bonchev–Trinajstić information content (AvgIpc) is 2.90. The number of halogens is 1. The van der Waals surface area contributed by atoms with E-state index in [2.05, 4.69) is 0 Å². The second-order valence-electron chi connectivity index (χ2n) is 4.88. The van der Waals surface area contributed by atoms with Gasteiger partial charge in [-0.25, -0.2) is 4.39 Å². The van der Waals surface area contributed by atoms with Gasteiger partial charge in [0, 0.05) is 18.2 Å². The van der Waals surface area contributed by atoms with E-state index in [1.165, 1.54) is 18.2 Å². The molecule has 0 aromatic heterocycles. The number of carboxylic acids is 1. The number of aliphatic carboxylic acids is 1. The summed E-state index contributed by atoms with van der Waals surface area (Å²) in [4.78, 5) is 12.9. The summed E-state index contributed by atoms with van der Waals surface area (Å²) in [6, 6.07) is 5.82. The Balaban J connectivity index is 2.13. The molecule has 0 saturated carbocycles. The van der Waals surface area contributed by atoms with Gasteiger partial charge in [-0.1, -0.05) is 0 Å². The lowest BCUT2D eigenvalue weighted by molar-refractivity contribution is -0.143. The molecule has 1 aromatic carbocycles. The SMILES string of the molecule is CN(Cc1cc(C#N)ccc1F)C1COCC1C(=O)O. The number of hydrogen-bond donors (Lipinski definition) is 1. The number of rotatable bonds is 4. The van der Waals surface area contributed by atoms with Crippen LogP contribution in [-0.2, 0) is 16.1 Å². The van der Waals surface area contributed by atoms with Crippen molar-refractivity contribution in [2.45, 2.75) is 12.6 Å². The third-order valence-electron chi connectivity index (χ3n) is 3.53. The molecule has 6 heteroatoms. The van der Waals surface area contributed by atoms with Gasteiger partial charge in [0.15, 0.2) is 0 Å². The highest BCUT2D eigenvalue weighted by molar-refractivity contribution is 5.71. The zero-order valence-electron chi connectivity index (χ0n) is 11.0. The molecule has 1 N–H and O–H groups in total. The largest absolute Gasteiger partial charge is 0.481 e. The number of benzene rings is 1. The first-order valence-electron chi connectivity index (χ1n) is 6.22. The Kier molecular flexibility index (Phi) is 4.32. The molecule has 0 bridgehead atoms. The van der Waals surface area contributed by atoms with E-state index in [1.807, 2.05) is 6.07 Å². The summed E-state index contributed by atoms with van der Waals surface area (Å²) in [5.41, 5.74) is 0.759. The van der Waals surface area contributed by atoms with Crippen LogP contribution in [-0.4, -0.2) is 42.3 Å². The molecule has 0 radical (unpaired) electrons. The van der Waals surface area contributed by atoms with Crippen molar-refractivity contribution in [3.63, 3.8) is 0 Å². The summed E-state index contributed by atoms with van der Waals surface area (Å²) >= 11 is 0. The first-order chi connectivity index (χ1) is 9.52. The fourth-order valence-electron chi connectivity index (χ4n) is 2.36. The predicted octanol–water partition coefficient (Wildman–Crippen LogP) is 1.23. The molecular weight excluding hydrogens is 263 g/mol. The third kappa shape index (κ3) is 2.95. The van der Waals surface area contributed by atoms with Gasteiger partial charge in [0.2, 0.25) is 0 Å². The van der Waals surface area contributed by atoms with E-state index in [4.69, 9.17) is 15.1 Å². The van der Waals surface area contributed by atoms with Crippen molar-refractivity contribution < 1.29 is 19.0 Å². The Morgan fingerprint density at radius 3 is 3.00 bits per heavy atom. The Morgan fingerprint density at radius 1 is 1.60 bits per heavy atom. The number of hydrogen-bond acceptors (Lipinski definition) is 4. The quantitative estimate of drug-likeness (QED) is 0.896. The number of nitrogens with zero attached hydrogens (tertiary/aromatic N) is 2. The normalized spacial score (nSPS) is 21.9. The molecule has 2 unspecified atom stereocenters. The van der Waals surface area contributed by atoms with Crippen molar-refractivity contribution in [2.24, 2.45) is 5.92 Å². The van der Waals surface area contributed by atoms with Crippen LogP contribution in [0.2, 0.25) is 0 Å². The summed E-state index contributed by atoms with van der Waals surface area (Å²) < 4.78 is 18.9. The second-order valence-corrected chi connectivity index (χ2v) is 4.88. The van der Waals surface area contributed by atoms with Crippen LogP contribution in [0, 0.1) is 23.1 Å². The number of ether oxygens (including phenoxy) is 1.